The molecule has 1 aliphatic heterocycles. The van der Waals surface area contributed by atoms with Gasteiger partial charge in [0, 0.05) is 12.3 Å². The smallest absolute Gasteiger partial charge is 0.241 e. The summed E-state index contributed by atoms with van der Waals surface area (Å²) in [7, 11) is -7.07. The Morgan fingerprint density at radius 2 is 1.61 bits per heavy atom. The van der Waals surface area contributed by atoms with Crippen molar-refractivity contribution in [3.8, 4) is 11.5 Å². The first kappa shape index (κ1) is 22.9. The molecule has 2 aromatic rings. The monoisotopic (exact) mass is 468 g/mol. The Morgan fingerprint density at radius 1 is 1.00 bits per heavy atom. The van der Waals surface area contributed by atoms with Crippen molar-refractivity contribution in [2.24, 2.45) is 0 Å². The molecule has 0 aromatic heterocycles. The van der Waals surface area contributed by atoms with Crippen LogP contribution in [-0.2, 0) is 24.7 Å². The maximum Gasteiger partial charge on any atom is 0.241 e. The second-order valence-corrected chi connectivity index (χ2v) is 11.2. The van der Waals surface area contributed by atoms with Crippen LogP contribution in [0.25, 0.3) is 0 Å². The van der Waals surface area contributed by atoms with E-state index >= 15 is 0 Å². The van der Waals surface area contributed by atoms with Crippen LogP contribution in [0.4, 0.5) is 5.69 Å². The zero-order chi connectivity index (χ0) is 22.8. The van der Waals surface area contributed by atoms with Gasteiger partial charge >= 0.3 is 0 Å². The van der Waals surface area contributed by atoms with Gasteiger partial charge in [-0.25, -0.2) is 16.8 Å². The summed E-state index contributed by atoms with van der Waals surface area (Å²) in [5.74, 6) is 0.413. The molecule has 31 heavy (non-hydrogen) atoms. The number of hydrogen-bond acceptors (Lipinski definition) is 7. The van der Waals surface area contributed by atoms with E-state index in [2.05, 4.69) is 5.32 Å². The van der Waals surface area contributed by atoms with E-state index in [4.69, 9.17) is 9.47 Å². The SMILES string of the molecule is C[C@@H](NC(=O)CN(c1ccc2c(c1)OCCO2)S(C)(=O)=O)c1ccc(S(C)(=O)=O)cc1. The molecule has 0 fully saturated rings. The van der Waals surface area contributed by atoms with E-state index in [1.165, 1.54) is 18.2 Å². The first-order valence-corrected chi connectivity index (χ1v) is 13.2. The Balaban J connectivity index is 1.74. The quantitative estimate of drug-likeness (QED) is 0.654. The van der Waals surface area contributed by atoms with E-state index in [1.54, 1.807) is 31.2 Å². The standard InChI is InChI=1S/C20H24N2O7S2/c1-14(15-4-7-17(8-5-15)30(2,24)25)21-20(23)13-22(31(3,26)27)16-6-9-18-19(12-16)29-11-10-28-18/h4-9,12,14H,10-11,13H2,1-3H3,(H,21,23)/t14-/m1/s1. The Morgan fingerprint density at radius 3 is 2.19 bits per heavy atom. The summed E-state index contributed by atoms with van der Waals surface area (Å²) in [5.41, 5.74) is 0.970. The lowest BCUT2D eigenvalue weighted by atomic mass is 10.1. The van der Waals surface area contributed by atoms with Crippen LogP contribution in [0.3, 0.4) is 0 Å². The number of carbonyl (C=O) groups is 1. The summed E-state index contributed by atoms with van der Waals surface area (Å²) in [6.07, 6.45) is 2.13. The van der Waals surface area contributed by atoms with Gasteiger partial charge in [-0.05, 0) is 36.8 Å². The summed E-state index contributed by atoms with van der Waals surface area (Å²) < 4.78 is 59.8. The average Bonchev–Trinajstić information content (AvgIpc) is 2.70. The van der Waals surface area contributed by atoms with Gasteiger partial charge in [-0.2, -0.15) is 0 Å². The number of carbonyl (C=O) groups excluding carboxylic acids is 1. The minimum absolute atomic E-state index is 0.177. The molecule has 11 heteroatoms. The van der Waals surface area contributed by atoms with Gasteiger partial charge in [0.05, 0.1) is 22.9 Å². The number of sulfone groups is 1. The fraction of sp³-hybridized carbons (Fsp3) is 0.350. The van der Waals surface area contributed by atoms with Gasteiger partial charge in [0.1, 0.15) is 19.8 Å². The minimum atomic E-state index is -3.75. The molecule has 0 bridgehead atoms. The number of nitrogens with zero attached hydrogens (tertiary/aromatic N) is 1. The molecular formula is C20H24N2O7S2. The van der Waals surface area contributed by atoms with Crippen molar-refractivity contribution in [2.45, 2.75) is 17.9 Å². The Kier molecular flexibility index (Phi) is 6.46. The second kappa shape index (κ2) is 8.75. The van der Waals surface area contributed by atoms with Crippen molar-refractivity contribution in [3.05, 3.63) is 48.0 Å². The Hall–Kier alpha value is -2.79. The molecular weight excluding hydrogens is 444 g/mol. The van der Waals surface area contributed by atoms with Gasteiger partial charge in [-0.15, -0.1) is 0 Å². The first-order valence-electron chi connectivity index (χ1n) is 9.42. The Labute approximate surface area is 181 Å². The summed E-state index contributed by atoms with van der Waals surface area (Å²) in [4.78, 5) is 12.8. The minimum Gasteiger partial charge on any atom is -0.486 e. The van der Waals surface area contributed by atoms with E-state index in [0.29, 0.717) is 30.3 Å². The number of ether oxygens (including phenoxy) is 2. The highest BCUT2D eigenvalue weighted by Gasteiger charge is 2.24. The van der Waals surface area contributed by atoms with Crippen LogP contribution in [0.5, 0.6) is 11.5 Å². The maximum absolute atomic E-state index is 12.6. The predicted molar refractivity (Wildman–Crippen MR) is 116 cm³/mol. The van der Waals surface area contributed by atoms with Gasteiger partial charge in [0.15, 0.2) is 21.3 Å². The zero-order valence-corrected chi connectivity index (χ0v) is 19.0. The molecule has 168 valence electrons. The van der Waals surface area contributed by atoms with Crippen LogP contribution >= 0.6 is 0 Å². The molecule has 1 atom stereocenters. The highest BCUT2D eigenvalue weighted by atomic mass is 32.2. The highest BCUT2D eigenvalue weighted by Crippen LogP contribution is 2.34. The zero-order valence-electron chi connectivity index (χ0n) is 17.4. The lowest BCUT2D eigenvalue weighted by Gasteiger charge is -2.25. The summed E-state index contributed by atoms with van der Waals surface area (Å²) in [6, 6.07) is 10.4. The summed E-state index contributed by atoms with van der Waals surface area (Å²) >= 11 is 0. The lowest BCUT2D eigenvalue weighted by molar-refractivity contribution is -0.120. The van der Waals surface area contributed by atoms with E-state index in [0.717, 1.165) is 16.8 Å². The number of nitrogens with one attached hydrogen (secondary N) is 1. The van der Waals surface area contributed by atoms with Crippen LogP contribution in [0, 0.1) is 0 Å². The predicted octanol–water partition coefficient (Wildman–Crippen LogP) is 1.50. The number of rotatable bonds is 7. The fourth-order valence-electron chi connectivity index (χ4n) is 3.09. The topological polar surface area (TPSA) is 119 Å². The second-order valence-electron chi connectivity index (χ2n) is 7.23. The van der Waals surface area contributed by atoms with Crippen LogP contribution in [0.15, 0.2) is 47.4 Å². The van der Waals surface area contributed by atoms with Crippen molar-refractivity contribution in [1.82, 2.24) is 5.32 Å². The van der Waals surface area contributed by atoms with Gasteiger partial charge < -0.3 is 14.8 Å². The third-order valence-electron chi connectivity index (χ3n) is 4.69. The van der Waals surface area contributed by atoms with Crippen molar-refractivity contribution in [2.75, 3.05) is 36.6 Å². The lowest BCUT2D eigenvalue weighted by Crippen LogP contribution is -2.41. The number of benzene rings is 2. The van der Waals surface area contributed by atoms with Gasteiger partial charge in [0.2, 0.25) is 15.9 Å². The molecule has 1 N–H and O–H groups in total. The van der Waals surface area contributed by atoms with Crippen molar-refractivity contribution in [3.63, 3.8) is 0 Å². The van der Waals surface area contributed by atoms with Crippen molar-refractivity contribution < 1.29 is 31.1 Å². The molecule has 1 amide bonds. The van der Waals surface area contributed by atoms with Crippen LogP contribution in [0.2, 0.25) is 0 Å². The molecule has 1 aliphatic rings. The van der Waals surface area contributed by atoms with Crippen LogP contribution in [-0.4, -0.2) is 55.0 Å². The number of hydrogen-bond donors (Lipinski definition) is 1. The van der Waals surface area contributed by atoms with Gasteiger partial charge in [0.25, 0.3) is 0 Å². The van der Waals surface area contributed by atoms with Gasteiger partial charge in [-0.3, -0.25) is 9.10 Å². The molecule has 0 saturated heterocycles. The van der Waals surface area contributed by atoms with Crippen LogP contribution in [0.1, 0.15) is 18.5 Å². The fourth-order valence-corrected chi connectivity index (χ4v) is 4.57. The highest BCUT2D eigenvalue weighted by molar-refractivity contribution is 7.92. The van der Waals surface area contributed by atoms with E-state index < -0.39 is 38.4 Å². The first-order chi connectivity index (χ1) is 14.4. The molecule has 0 aliphatic carbocycles. The van der Waals surface area contributed by atoms with E-state index in [1.807, 2.05) is 0 Å². The van der Waals surface area contributed by atoms with E-state index in [-0.39, 0.29) is 10.6 Å². The third-order valence-corrected chi connectivity index (χ3v) is 6.96. The number of anilines is 1. The van der Waals surface area contributed by atoms with Gasteiger partial charge in [-0.1, -0.05) is 12.1 Å². The van der Waals surface area contributed by atoms with E-state index in [9.17, 15) is 21.6 Å². The molecule has 9 nitrogen and oxygen atoms in total. The maximum atomic E-state index is 12.6. The number of sulfonamides is 1. The molecule has 2 aromatic carbocycles. The molecule has 0 radical (unpaired) electrons. The molecule has 0 spiro atoms. The van der Waals surface area contributed by atoms with Crippen molar-refractivity contribution in [1.29, 1.82) is 0 Å². The van der Waals surface area contributed by atoms with Crippen LogP contribution < -0.4 is 19.1 Å². The third kappa shape index (κ3) is 5.67. The normalized spacial score (nSPS) is 14.5. The summed E-state index contributed by atoms with van der Waals surface area (Å²) in [6.45, 7) is 2.06. The largest absolute Gasteiger partial charge is 0.486 e. The molecule has 3 rings (SSSR count). The molecule has 0 saturated carbocycles. The number of amides is 1. The van der Waals surface area contributed by atoms with Crippen molar-refractivity contribution >= 4 is 31.5 Å². The summed E-state index contributed by atoms with van der Waals surface area (Å²) in [5, 5.41) is 2.74. The molecule has 0 unspecified atom stereocenters. The Bertz CT molecular complexity index is 1180. The number of fused-ring (bicyclic) bond motifs is 1. The average molecular weight is 469 g/mol. The molecule has 1 heterocycles.